The van der Waals surface area contributed by atoms with Crippen molar-refractivity contribution in [1.29, 1.82) is 0 Å². The fraction of sp³-hybridized carbons (Fsp3) is 0.529. The van der Waals surface area contributed by atoms with Crippen LogP contribution in [0.5, 0.6) is 5.75 Å². The van der Waals surface area contributed by atoms with Crippen LogP contribution in [0.3, 0.4) is 0 Å². The quantitative estimate of drug-likeness (QED) is 0.862. The van der Waals surface area contributed by atoms with Gasteiger partial charge < -0.3 is 15.0 Å². The van der Waals surface area contributed by atoms with Crippen molar-refractivity contribution in [3.8, 4) is 5.75 Å². The summed E-state index contributed by atoms with van der Waals surface area (Å²) in [4.78, 5) is 25.7. The molecule has 1 aromatic carbocycles. The topological polar surface area (TPSA) is 58.6 Å². The molecule has 120 valence electrons. The van der Waals surface area contributed by atoms with Gasteiger partial charge in [-0.1, -0.05) is 25.0 Å². The number of amides is 2. The number of hydrogen-bond donors (Lipinski definition) is 1. The molecule has 0 unspecified atom stereocenters. The van der Waals surface area contributed by atoms with Crippen LogP contribution in [0.15, 0.2) is 24.3 Å². The molecule has 0 radical (unpaired) electrons. The van der Waals surface area contributed by atoms with Crippen LogP contribution in [-0.4, -0.2) is 43.5 Å². The molecule has 5 heteroatoms. The Morgan fingerprint density at radius 2 is 1.73 bits per heavy atom. The van der Waals surface area contributed by atoms with Crippen LogP contribution in [0, 0.1) is 0 Å². The Morgan fingerprint density at radius 1 is 1.09 bits per heavy atom. The predicted molar refractivity (Wildman–Crippen MR) is 84.8 cm³/mol. The number of nitrogens with zero attached hydrogens (tertiary/aromatic N) is 1. The van der Waals surface area contributed by atoms with Gasteiger partial charge in [0.15, 0.2) is 0 Å². The highest BCUT2D eigenvalue weighted by Gasteiger charge is 2.21. The van der Waals surface area contributed by atoms with E-state index in [1.807, 2.05) is 24.3 Å². The van der Waals surface area contributed by atoms with E-state index < -0.39 is 11.8 Å². The van der Waals surface area contributed by atoms with Crippen molar-refractivity contribution in [1.82, 2.24) is 10.2 Å². The maximum Gasteiger partial charge on any atom is 0.311 e. The lowest BCUT2D eigenvalue weighted by Gasteiger charge is -2.19. The van der Waals surface area contributed by atoms with Gasteiger partial charge in [0.2, 0.25) is 0 Å². The minimum atomic E-state index is -0.490. The number of carbonyl (C=O) groups is 2. The summed E-state index contributed by atoms with van der Waals surface area (Å²) in [7, 11) is 1.63. The molecular formula is C17H24N2O3. The summed E-state index contributed by atoms with van der Waals surface area (Å²) in [6.07, 6.45) is 4.96. The Kier molecular flexibility index (Phi) is 6.25. The highest BCUT2D eigenvalue weighted by atomic mass is 16.5. The minimum Gasteiger partial charge on any atom is -0.497 e. The Hall–Kier alpha value is -2.04. The monoisotopic (exact) mass is 304 g/mol. The molecule has 22 heavy (non-hydrogen) atoms. The molecule has 0 bridgehead atoms. The second kappa shape index (κ2) is 8.41. The van der Waals surface area contributed by atoms with Gasteiger partial charge in [0.1, 0.15) is 5.75 Å². The average molecular weight is 304 g/mol. The summed E-state index contributed by atoms with van der Waals surface area (Å²) >= 11 is 0. The minimum absolute atomic E-state index is 0.392. The third-order valence-electron chi connectivity index (χ3n) is 3.95. The molecular weight excluding hydrogens is 280 g/mol. The van der Waals surface area contributed by atoms with Gasteiger partial charge >= 0.3 is 11.8 Å². The molecule has 0 atom stereocenters. The summed E-state index contributed by atoms with van der Waals surface area (Å²) in [5, 5.41) is 2.72. The van der Waals surface area contributed by atoms with Crippen molar-refractivity contribution in [3.05, 3.63) is 29.8 Å². The Bertz CT molecular complexity index is 491. The van der Waals surface area contributed by atoms with Crippen LogP contribution in [0.4, 0.5) is 0 Å². The third kappa shape index (κ3) is 4.76. The first-order valence-corrected chi connectivity index (χ1v) is 7.91. The van der Waals surface area contributed by atoms with E-state index in [4.69, 9.17) is 4.74 Å². The largest absolute Gasteiger partial charge is 0.497 e. The van der Waals surface area contributed by atoms with E-state index in [1.54, 1.807) is 12.0 Å². The number of carbonyl (C=O) groups excluding carboxylic acids is 2. The van der Waals surface area contributed by atoms with Crippen molar-refractivity contribution in [2.75, 3.05) is 26.7 Å². The first kappa shape index (κ1) is 16.3. The van der Waals surface area contributed by atoms with Crippen LogP contribution in [-0.2, 0) is 16.0 Å². The van der Waals surface area contributed by atoms with Crippen LogP contribution >= 0.6 is 0 Å². The maximum absolute atomic E-state index is 12.1. The fourth-order valence-corrected chi connectivity index (χ4v) is 2.61. The summed E-state index contributed by atoms with van der Waals surface area (Å²) in [6, 6.07) is 7.70. The number of nitrogens with one attached hydrogen (secondary N) is 1. The molecule has 0 saturated carbocycles. The lowest BCUT2D eigenvalue weighted by atomic mass is 10.1. The molecule has 1 aliphatic rings. The normalized spacial score (nSPS) is 15.0. The van der Waals surface area contributed by atoms with E-state index in [1.165, 1.54) is 0 Å². The maximum atomic E-state index is 12.1. The number of methoxy groups -OCH3 is 1. The van der Waals surface area contributed by atoms with Crippen LogP contribution < -0.4 is 10.1 Å². The van der Waals surface area contributed by atoms with Gasteiger partial charge in [-0.05, 0) is 37.0 Å². The summed E-state index contributed by atoms with van der Waals surface area (Å²) in [5.74, 6) is -0.0730. The molecule has 0 aromatic heterocycles. The number of ether oxygens (including phenoxy) is 1. The van der Waals surface area contributed by atoms with Crippen molar-refractivity contribution >= 4 is 11.8 Å². The van der Waals surface area contributed by atoms with Gasteiger partial charge in [-0.3, -0.25) is 9.59 Å². The van der Waals surface area contributed by atoms with Crippen LogP contribution in [0.25, 0.3) is 0 Å². The lowest BCUT2D eigenvalue weighted by Crippen LogP contribution is -2.43. The predicted octanol–water partition coefficient (Wildman–Crippen LogP) is 1.76. The second-order valence-corrected chi connectivity index (χ2v) is 5.56. The van der Waals surface area contributed by atoms with E-state index in [0.717, 1.165) is 37.0 Å². The molecule has 5 nitrogen and oxygen atoms in total. The molecule has 0 spiro atoms. The molecule has 1 aromatic rings. The molecule has 1 N–H and O–H groups in total. The van der Waals surface area contributed by atoms with E-state index in [-0.39, 0.29) is 0 Å². The first-order chi connectivity index (χ1) is 10.7. The van der Waals surface area contributed by atoms with Crippen molar-refractivity contribution < 1.29 is 14.3 Å². The summed E-state index contributed by atoms with van der Waals surface area (Å²) in [6.45, 7) is 1.86. The van der Waals surface area contributed by atoms with E-state index in [2.05, 4.69) is 5.32 Å². The number of likely N-dealkylation sites (tertiary alicyclic amines) is 1. The zero-order valence-corrected chi connectivity index (χ0v) is 13.1. The van der Waals surface area contributed by atoms with Gasteiger partial charge in [-0.15, -0.1) is 0 Å². The fourth-order valence-electron chi connectivity index (χ4n) is 2.61. The average Bonchev–Trinajstić information content (AvgIpc) is 2.84. The van der Waals surface area contributed by atoms with Gasteiger partial charge in [0.05, 0.1) is 7.11 Å². The molecule has 1 saturated heterocycles. The van der Waals surface area contributed by atoms with Gasteiger partial charge in [-0.25, -0.2) is 0 Å². The SMILES string of the molecule is COc1ccc(CCNC(=O)C(=O)N2CCCCCC2)cc1. The summed E-state index contributed by atoms with van der Waals surface area (Å²) < 4.78 is 5.10. The van der Waals surface area contributed by atoms with Gasteiger partial charge in [-0.2, -0.15) is 0 Å². The van der Waals surface area contributed by atoms with Crippen molar-refractivity contribution in [2.24, 2.45) is 0 Å². The molecule has 1 fully saturated rings. The number of benzene rings is 1. The van der Waals surface area contributed by atoms with Gasteiger partial charge in [0, 0.05) is 19.6 Å². The Balaban J connectivity index is 1.75. The van der Waals surface area contributed by atoms with E-state index >= 15 is 0 Å². The second-order valence-electron chi connectivity index (χ2n) is 5.56. The molecule has 1 heterocycles. The van der Waals surface area contributed by atoms with Gasteiger partial charge in [0.25, 0.3) is 0 Å². The zero-order valence-electron chi connectivity index (χ0n) is 13.1. The Labute approximate surface area is 131 Å². The lowest BCUT2D eigenvalue weighted by molar-refractivity contribution is -0.145. The molecule has 2 amide bonds. The van der Waals surface area contributed by atoms with Crippen molar-refractivity contribution in [2.45, 2.75) is 32.1 Å². The molecule has 2 rings (SSSR count). The van der Waals surface area contributed by atoms with Crippen LogP contribution in [0.2, 0.25) is 0 Å². The van der Waals surface area contributed by atoms with Crippen molar-refractivity contribution in [3.63, 3.8) is 0 Å². The van der Waals surface area contributed by atoms with Crippen LogP contribution in [0.1, 0.15) is 31.2 Å². The highest BCUT2D eigenvalue weighted by Crippen LogP contribution is 2.11. The standard InChI is InChI=1S/C17H24N2O3/c1-22-15-8-6-14(7-9-15)10-11-18-16(20)17(21)19-12-4-2-3-5-13-19/h6-9H,2-5,10-13H2,1H3,(H,18,20). The highest BCUT2D eigenvalue weighted by molar-refractivity contribution is 6.35. The molecule has 0 aliphatic carbocycles. The Morgan fingerprint density at radius 3 is 2.32 bits per heavy atom. The molecule has 1 aliphatic heterocycles. The number of rotatable bonds is 4. The third-order valence-corrected chi connectivity index (χ3v) is 3.95. The number of hydrogen-bond acceptors (Lipinski definition) is 3. The zero-order chi connectivity index (χ0) is 15.8. The van der Waals surface area contributed by atoms with E-state index in [9.17, 15) is 9.59 Å². The smallest absolute Gasteiger partial charge is 0.311 e. The summed E-state index contributed by atoms with van der Waals surface area (Å²) in [5.41, 5.74) is 1.10. The first-order valence-electron chi connectivity index (χ1n) is 7.91. The van der Waals surface area contributed by atoms with E-state index in [0.29, 0.717) is 26.1 Å².